The molecule has 0 saturated carbocycles. The van der Waals surface area contributed by atoms with E-state index in [-0.39, 0.29) is 11.7 Å². The number of thiazole rings is 1. The highest BCUT2D eigenvalue weighted by molar-refractivity contribution is 8.00. The molecule has 1 amide bonds. The van der Waals surface area contributed by atoms with Crippen molar-refractivity contribution >= 4 is 44.4 Å². The Hall–Kier alpha value is -2.32. The largest absolute Gasteiger partial charge is 0.497 e. The van der Waals surface area contributed by atoms with Gasteiger partial charge in [0.25, 0.3) is 0 Å². The van der Waals surface area contributed by atoms with Crippen LogP contribution in [0.2, 0.25) is 0 Å². The Morgan fingerprint density at radius 1 is 1.18 bits per heavy atom. The number of carbonyl (C=O) groups excluding carboxylic acids is 1. The summed E-state index contributed by atoms with van der Waals surface area (Å²) in [5, 5.41) is 0.819. The molecule has 2 aromatic carbocycles. The van der Waals surface area contributed by atoms with Gasteiger partial charge in [0.15, 0.2) is 5.13 Å². The Kier molecular flexibility index (Phi) is 5.68. The van der Waals surface area contributed by atoms with Crippen LogP contribution in [0.25, 0.3) is 10.2 Å². The summed E-state index contributed by atoms with van der Waals surface area (Å²) in [5.74, 6) is 1.07. The number of rotatable bonds is 5. The molecule has 28 heavy (non-hydrogen) atoms. The number of halogens is 1. The molecule has 0 spiro atoms. The fraction of sp³-hybridized carbons (Fsp3) is 0.300. The van der Waals surface area contributed by atoms with Crippen LogP contribution >= 0.6 is 23.1 Å². The number of piperazine rings is 1. The van der Waals surface area contributed by atoms with E-state index < -0.39 is 0 Å². The minimum Gasteiger partial charge on any atom is -0.497 e. The Labute approximate surface area is 171 Å². The topological polar surface area (TPSA) is 45.7 Å². The molecule has 0 bridgehead atoms. The van der Waals surface area contributed by atoms with Crippen molar-refractivity contribution in [3.8, 4) is 5.75 Å². The molecule has 1 aromatic heterocycles. The number of hydrogen-bond acceptors (Lipinski definition) is 6. The zero-order chi connectivity index (χ0) is 19.5. The van der Waals surface area contributed by atoms with Crippen molar-refractivity contribution in [2.24, 2.45) is 0 Å². The predicted octanol–water partition coefficient (Wildman–Crippen LogP) is 3.88. The summed E-state index contributed by atoms with van der Waals surface area (Å²) in [6, 6.07) is 12.7. The Morgan fingerprint density at radius 3 is 2.61 bits per heavy atom. The fourth-order valence-electron chi connectivity index (χ4n) is 3.09. The Balaban J connectivity index is 1.31. The molecule has 4 rings (SSSR count). The predicted molar refractivity (Wildman–Crippen MR) is 112 cm³/mol. The van der Waals surface area contributed by atoms with Gasteiger partial charge in [0, 0.05) is 31.1 Å². The number of carbonyl (C=O) groups is 1. The van der Waals surface area contributed by atoms with Crippen LogP contribution < -0.4 is 9.64 Å². The third-order valence-corrected chi connectivity index (χ3v) is 6.76. The number of methoxy groups -OCH3 is 1. The van der Waals surface area contributed by atoms with E-state index in [4.69, 9.17) is 4.74 Å². The lowest BCUT2D eigenvalue weighted by Gasteiger charge is -2.34. The zero-order valence-electron chi connectivity index (χ0n) is 15.4. The van der Waals surface area contributed by atoms with Gasteiger partial charge >= 0.3 is 0 Å². The molecular weight excluding hydrogens is 397 g/mol. The van der Waals surface area contributed by atoms with Crippen LogP contribution in [-0.4, -0.2) is 54.8 Å². The van der Waals surface area contributed by atoms with Gasteiger partial charge in [-0.1, -0.05) is 17.4 Å². The van der Waals surface area contributed by atoms with Crippen molar-refractivity contribution in [1.29, 1.82) is 0 Å². The van der Waals surface area contributed by atoms with Crippen molar-refractivity contribution < 1.29 is 13.9 Å². The van der Waals surface area contributed by atoms with Gasteiger partial charge in [0.2, 0.25) is 5.91 Å². The van der Waals surface area contributed by atoms with Crippen molar-refractivity contribution in [3.63, 3.8) is 0 Å². The van der Waals surface area contributed by atoms with E-state index in [9.17, 15) is 9.18 Å². The molecule has 146 valence electrons. The number of benzene rings is 2. The number of fused-ring (bicyclic) bond motifs is 1. The number of ether oxygens (including phenoxy) is 1. The van der Waals surface area contributed by atoms with E-state index in [1.807, 2.05) is 35.2 Å². The summed E-state index contributed by atoms with van der Waals surface area (Å²) in [4.78, 5) is 22.0. The standard InChI is InChI=1S/C20H20FN3O2S2/c1-26-14-5-7-15(8-6-14)27-13-18(25)23-9-11-24(12-10-23)20-22-19-16(21)3-2-4-17(19)28-20/h2-8H,9-13H2,1H3. The maximum absolute atomic E-state index is 13.9. The second kappa shape index (κ2) is 8.36. The first kappa shape index (κ1) is 19.0. The summed E-state index contributed by atoms with van der Waals surface area (Å²) in [6.07, 6.45) is 0. The number of anilines is 1. The lowest BCUT2D eigenvalue weighted by atomic mass is 10.3. The zero-order valence-corrected chi connectivity index (χ0v) is 17.1. The SMILES string of the molecule is COc1ccc(SCC(=O)N2CCN(c3nc4c(F)cccc4s3)CC2)cc1. The molecule has 0 atom stereocenters. The molecule has 1 aliphatic heterocycles. The molecule has 5 nitrogen and oxygen atoms in total. The van der Waals surface area contributed by atoms with Crippen molar-refractivity contribution in [2.75, 3.05) is 43.9 Å². The highest BCUT2D eigenvalue weighted by Crippen LogP contribution is 2.31. The van der Waals surface area contributed by atoms with Crippen molar-refractivity contribution in [2.45, 2.75) is 4.90 Å². The van der Waals surface area contributed by atoms with E-state index in [0.717, 1.165) is 20.5 Å². The number of amides is 1. The Morgan fingerprint density at radius 2 is 1.93 bits per heavy atom. The molecule has 1 aliphatic rings. The summed E-state index contributed by atoms with van der Waals surface area (Å²) < 4.78 is 19.9. The van der Waals surface area contributed by atoms with Gasteiger partial charge in [0.1, 0.15) is 17.1 Å². The van der Waals surface area contributed by atoms with Crippen LogP contribution in [0.4, 0.5) is 9.52 Å². The fourth-order valence-corrected chi connectivity index (χ4v) is 4.93. The third-order valence-electron chi connectivity index (χ3n) is 4.68. The van der Waals surface area contributed by atoms with Gasteiger partial charge in [-0.15, -0.1) is 11.8 Å². The molecule has 1 saturated heterocycles. The normalized spacial score (nSPS) is 14.5. The van der Waals surface area contributed by atoms with Gasteiger partial charge in [-0.05, 0) is 36.4 Å². The van der Waals surface area contributed by atoms with E-state index in [1.165, 1.54) is 29.2 Å². The van der Waals surface area contributed by atoms with Gasteiger partial charge < -0.3 is 14.5 Å². The first-order valence-electron chi connectivity index (χ1n) is 8.98. The van der Waals surface area contributed by atoms with E-state index >= 15 is 0 Å². The highest BCUT2D eigenvalue weighted by atomic mass is 32.2. The number of thioether (sulfide) groups is 1. The van der Waals surface area contributed by atoms with Crippen LogP contribution in [0.1, 0.15) is 0 Å². The third kappa shape index (κ3) is 4.07. The second-order valence-electron chi connectivity index (χ2n) is 6.42. The molecule has 0 radical (unpaired) electrons. The number of nitrogens with zero attached hydrogens (tertiary/aromatic N) is 3. The number of aromatic nitrogens is 1. The maximum atomic E-state index is 13.9. The minimum absolute atomic E-state index is 0.135. The van der Waals surface area contributed by atoms with E-state index in [1.54, 1.807) is 13.2 Å². The molecule has 2 heterocycles. The first-order valence-corrected chi connectivity index (χ1v) is 10.8. The maximum Gasteiger partial charge on any atom is 0.233 e. The van der Waals surface area contributed by atoms with Gasteiger partial charge in [-0.3, -0.25) is 4.79 Å². The van der Waals surface area contributed by atoms with Crippen LogP contribution in [0, 0.1) is 5.82 Å². The Bertz CT molecular complexity index is 969. The first-order chi connectivity index (χ1) is 13.6. The van der Waals surface area contributed by atoms with Crippen LogP contribution in [0.5, 0.6) is 5.75 Å². The summed E-state index contributed by atoms with van der Waals surface area (Å²) >= 11 is 3.03. The second-order valence-corrected chi connectivity index (χ2v) is 8.47. The number of para-hydroxylation sites is 1. The molecule has 8 heteroatoms. The molecule has 0 aliphatic carbocycles. The average Bonchev–Trinajstić information content (AvgIpc) is 3.18. The molecule has 0 N–H and O–H groups in total. The van der Waals surface area contributed by atoms with Crippen LogP contribution in [-0.2, 0) is 4.79 Å². The minimum atomic E-state index is -0.288. The quantitative estimate of drug-likeness (QED) is 0.590. The average molecular weight is 418 g/mol. The van der Waals surface area contributed by atoms with Crippen molar-refractivity contribution in [1.82, 2.24) is 9.88 Å². The highest BCUT2D eigenvalue weighted by Gasteiger charge is 2.23. The van der Waals surface area contributed by atoms with Gasteiger partial charge in [-0.25, -0.2) is 9.37 Å². The summed E-state index contributed by atoms with van der Waals surface area (Å²) in [5.41, 5.74) is 0.428. The summed E-state index contributed by atoms with van der Waals surface area (Å²) in [7, 11) is 1.64. The van der Waals surface area contributed by atoms with E-state index in [0.29, 0.717) is 37.4 Å². The van der Waals surface area contributed by atoms with Gasteiger partial charge in [-0.2, -0.15) is 0 Å². The lowest BCUT2D eigenvalue weighted by molar-refractivity contribution is -0.128. The molecule has 0 unspecified atom stereocenters. The van der Waals surface area contributed by atoms with Crippen LogP contribution in [0.3, 0.4) is 0 Å². The van der Waals surface area contributed by atoms with Crippen molar-refractivity contribution in [3.05, 3.63) is 48.3 Å². The van der Waals surface area contributed by atoms with Gasteiger partial charge in [0.05, 0.1) is 17.6 Å². The van der Waals surface area contributed by atoms with E-state index in [2.05, 4.69) is 9.88 Å². The molecule has 3 aromatic rings. The molecular formula is C20H20FN3O2S2. The monoisotopic (exact) mass is 417 g/mol. The number of hydrogen-bond donors (Lipinski definition) is 0. The summed E-state index contributed by atoms with van der Waals surface area (Å²) in [6.45, 7) is 2.72. The smallest absolute Gasteiger partial charge is 0.233 e. The van der Waals surface area contributed by atoms with Crippen LogP contribution in [0.15, 0.2) is 47.4 Å². The molecule has 1 fully saturated rings. The lowest BCUT2D eigenvalue weighted by Crippen LogP contribution is -2.49.